The first-order valence-electron chi connectivity index (χ1n) is 3.82. The maximum atomic E-state index is 5.92. The Bertz CT molecular complexity index is 288. The smallest absolute Gasteiger partial charge is 0.0312 e. The van der Waals surface area contributed by atoms with Gasteiger partial charge in [-0.1, -0.05) is 28.1 Å². The van der Waals surface area contributed by atoms with Crippen LogP contribution < -0.4 is 5.73 Å². The quantitative estimate of drug-likeness (QED) is 0.751. The van der Waals surface area contributed by atoms with E-state index in [1.54, 1.807) is 0 Å². The molecular formula is C9H11BrClN. The van der Waals surface area contributed by atoms with Crippen molar-refractivity contribution in [3.8, 4) is 0 Å². The molecule has 1 unspecified atom stereocenters. The monoisotopic (exact) mass is 247 g/mol. The van der Waals surface area contributed by atoms with Crippen LogP contribution in [0.15, 0.2) is 22.7 Å². The Morgan fingerprint density at radius 2 is 2.17 bits per heavy atom. The van der Waals surface area contributed by atoms with Crippen molar-refractivity contribution in [3.05, 3.63) is 33.8 Å². The predicted octanol–water partition coefficient (Wildman–Crippen LogP) is 2.82. The normalized spacial score (nSPS) is 20.0. The molecule has 0 radical (unpaired) electrons. The average Bonchev–Trinajstić information content (AvgIpc) is 2.34. The molecule has 0 heterocycles. The van der Waals surface area contributed by atoms with E-state index in [0.717, 1.165) is 12.8 Å². The van der Waals surface area contributed by atoms with Crippen LogP contribution in [0.2, 0.25) is 0 Å². The molecule has 12 heavy (non-hydrogen) atoms. The van der Waals surface area contributed by atoms with E-state index in [-0.39, 0.29) is 18.4 Å². The fourth-order valence-electron chi connectivity index (χ4n) is 1.67. The van der Waals surface area contributed by atoms with Gasteiger partial charge >= 0.3 is 0 Å². The summed E-state index contributed by atoms with van der Waals surface area (Å²) in [6.45, 7) is 0. The lowest BCUT2D eigenvalue weighted by Crippen LogP contribution is -2.05. The molecule has 66 valence electrons. The van der Waals surface area contributed by atoms with Crippen molar-refractivity contribution in [2.45, 2.75) is 18.9 Å². The fourth-order valence-corrected chi connectivity index (χ4v) is 2.37. The van der Waals surface area contributed by atoms with Gasteiger partial charge < -0.3 is 5.73 Å². The Kier molecular flexibility index (Phi) is 3.16. The minimum Gasteiger partial charge on any atom is -0.324 e. The van der Waals surface area contributed by atoms with Crippen molar-refractivity contribution in [2.75, 3.05) is 0 Å². The van der Waals surface area contributed by atoms with E-state index in [0.29, 0.717) is 0 Å². The van der Waals surface area contributed by atoms with Crippen molar-refractivity contribution in [2.24, 2.45) is 5.73 Å². The van der Waals surface area contributed by atoms with Gasteiger partial charge in [0, 0.05) is 10.5 Å². The second-order valence-corrected chi connectivity index (χ2v) is 3.81. The first kappa shape index (κ1) is 10.0. The van der Waals surface area contributed by atoms with E-state index in [1.165, 1.54) is 15.6 Å². The molecule has 0 amide bonds. The molecule has 0 fully saturated rings. The van der Waals surface area contributed by atoms with Gasteiger partial charge in [-0.15, -0.1) is 12.4 Å². The molecule has 1 aromatic rings. The number of hydrogen-bond donors (Lipinski definition) is 1. The second kappa shape index (κ2) is 3.77. The summed E-state index contributed by atoms with van der Waals surface area (Å²) in [7, 11) is 0. The molecule has 2 N–H and O–H groups in total. The highest BCUT2D eigenvalue weighted by Crippen LogP contribution is 2.34. The summed E-state index contributed by atoms with van der Waals surface area (Å²) in [6.07, 6.45) is 2.23. The number of halogens is 2. The summed E-state index contributed by atoms with van der Waals surface area (Å²) in [6, 6.07) is 6.54. The summed E-state index contributed by atoms with van der Waals surface area (Å²) in [4.78, 5) is 0. The van der Waals surface area contributed by atoms with Crippen LogP contribution in [-0.4, -0.2) is 0 Å². The first-order valence-corrected chi connectivity index (χ1v) is 4.61. The van der Waals surface area contributed by atoms with Crippen molar-refractivity contribution in [3.63, 3.8) is 0 Å². The summed E-state index contributed by atoms with van der Waals surface area (Å²) in [5.74, 6) is 0. The first-order chi connectivity index (χ1) is 5.29. The average molecular weight is 249 g/mol. The van der Waals surface area contributed by atoms with Gasteiger partial charge in [-0.2, -0.15) is 0 Å². The van der Waals surface area contributed by atoms with Crippen molar-refractivity contribution in [1.29, 1.82) is 0 Å². The van der Waals surface area contributed by atoms with Crippen LogP contribution in [-0.2, 0) is 6.42 Å². The molecule has 1 nitrogen and oxygen atoms in total. The Labute approximate surface area is 86.9 Å². The zero-order valence-corrected chi connectivity index (χ0v) is 8.99. The van der Waals surface area contributed by atoms with Crippen LogP contribution in [0.5, 0.6) is 0 Å². The topological polar surface area (TPSA) is 26.0 Å². The SMILES string of the molecule is Cl.NC1CCc2cccc(Br)c21. The van der Waals surface area contributed by atoms with E-state index in [2.05, 4.69) is 34.1 Å². The molecule has 0 saturated heterocycles. The molecule has 0 saturated carbocycles. The second-order valence-electron chi connectivity index (χ2n) is 2.96. The third-order valence-corrected chi connectivity index (χ3v) is 2.93. The molecular weight excluding hydrogens is 237 g/mol. The number of hydrogen-bond acceptors (Lipinski definition) is 1. The van der Waals surface area contributed by atoms with E-state index < -0.39 is 0 Å². The Morgan fingerprint density at radius 3 is 2.83 bits per heavy atom. The Hall–Kier alpha value is -0.0500. The van der Waals surface area contributed by atoms with Gasteiger partial charge in [-0.25, -0.2) is 0 Å². The summed E-state index contributed by atoms with van der Waals surface area (Å²) < 4.78 is 1.17. The van der Waals surface area contributed by atoms with Gasteiger partial charge in [0.25, 0.3) is 0 Å². The van der Waals surface area contributed by atoms with Gasteiger partial charge in [-0.3, -0.25) is 0 Å². The molecule has 0 spiro atoms. The van der Waals surface area contributed by atoms with Crippen LogP contribution >= 0.6 is 28.3 Å². The summed E-state index contributed by atoms with van der Waals surface area (Å²) in [5.41, 5.74) is 8.64. The Balaban J connectivity index is 0.000000720. The largest absolute Gasteiger partial charge is 0.324 e. The highest BCUT2D eigenvalue weighted by Gasteiger charge is 2.20. The minimum atomic E-state index is 0. The summed E-state index contributed by atoms with van der Waals surface area (Å²) in [5, 5.41) is 0. The number of benzene rings is 1. The molecule has 3 heteroatoms. The van der Waals surface area contributed by atoms with Gasteiger partial charge in [0.1, 0.15) is 0 Å². The number of fused-ring (bicyclic) bond motifs is 1. The lowest BCUT2D eigenvalue weighted by atomic mass is 10.1. The minimum absolute atomic E-state index is 0. The fraction of sp³-hybridized carbons (Fsp3) is 0.333. The molecule has 1 aromatic carbocycles. The highest BCUT2D eigenvalue weighted by atomic mass is 79.9. The zero-order valence-electron chi connectivity index (χ0n) is 6.59. The van der Waals surface area contributed by atoms with Crippen LogP contribution in [0.25, 0.3) is 0 Å². The molecule has 2 rings (SSSR count). The van der Waals surface area contributed by atoms with Gasteiger partial charge in [0.2, 0.25) is 0 Å². The van der Waals surface area contributed by atoms with Crippen molar-refractivity contribution in [1.82, 2.24) is 0 Å². The number of aryl methyl sites for hydroxylation is 1. The van der Waals surface area contributed by atoms with Crippen LogP contribution in [0.1, 0.15) is 23.6 Å². The maximum Gasteiger partial charge on any atom is 0.0312 e. The van der Waals surface area contributed by atoms with E-state index in [1.807, 2.05) is 0 Å². The number of rotatable bonds is 0. The molecule has 0 aliphatic heterocycles. The third-order valence-electron chi connectivity index (χ3n) is 2.24. The lowest BCUT2D eigenvalue weighted by Gasteiger charge is -2.06. The lowest BCUT2D eigenvalue weighted by molar-refractivity contribution is 0.711. The highest BCUT2D eigenvalue weighted by molar-refractivity contribution is 9.10. The molecule has 0 bridgehead atoms. The van der Waals surface area contributed by atoms with Crippen molar-refractivity contribution >= 4 is 28.3 Å². The maximum absolute atomic E-state index is 5.92. The van der Waals surface area contributed by atoms with Gasteiger partial charge in [-0.05, 0) is 30.0 Å². The molecule has 1 aliphatic carbocycles. The predicted molar refractivity (Wildman–Crippen MR) is 56.6 cm³/mol. The van der Waals surface area contributed by atoms with Crippen LogP contribution in [0.3, 0.4) is 0 Å². The zero-order chi connectivity index (χ0) is 7.84. The standard InChI is InChI=1S/C9H10BrN.ClH/c10-7-3-1-2-6-4-5-8(11)9(6)7;/h1-3,8H,4-5,11H2;1H. The third kappa shape index (κ3) is 1.51. The van der Waals surface area contributed by atoms with Crippen LogP contribution in [0, 0.1) is 0 Å². The summed E-state index contributed by atoms with van der Waals surface area (Å²) >= 11 is 3.51. The van der Waals surface area contributed by atoms with Gasteiger partial charge in [0.05, 0.1) is 0 Å². The van der Waals surface area contributed by atoms with Gasteiger partial charge in [0.15, 0.2) is 0 Å². The van der Waals surface area contributed by atoms with E-state index in [4.69, 9.17) is 5.73 Å². The Morgan fingerprint density at radius 1 is 1.42 bits per heavy atom. The molecule has 0 aromatic heterocycles. The number of nitrogens with two attached hydrogens (primary N) is 1. The van der Waals surface area contributed by atoms with Crippen molar-refractivity contribution < 1.29 is 0 Å². The van der Waals surface area contributed by atoms with E-state index in [9.17, 15) is 0 Å². The van der Waals surface area contributed by atoms with Crippen LogP contribution in [0.4, 0.5) is 0 Å². The van der Waals surface area contributed by atoms with E-state index >= 15 is 0 Å². The molecule has 1 atom stereocenters. The molecule has 1 aliphatic rings.